The molecule has 0 unspecified atom stereocenters. The maximum atomic E-state index is 5.53. The third-order valence-electron chi connectivity index (χ3n) is 2.59. The number of rotatable bonds is 6. The Hall–Kier alpha value is -0.440. The molecule has 0 atom stereocenters. The fourth-order valence-electron chi connectivity index (χ4n) is 1.67. The van der Waals surface area contributed by atoms with Gasteiger partial charge in [0.05, 0.1) is 6.61 Å². The van der Waals surface area contributed by atoms with E-state index in [2.05, 4.69) is 54.9 Å². The van der Waals surface area contributed by atoms with Gasteiger partial charge in [0.15, 0.2) is 12.2 Å². The van der Waals surface area contributed by atoms with Gasteiger partial charge in [-0.1, -0.05) is 15.9 Å². The van der Waals surface area contributed by atoms with Crippen LogP contribution in [-0.2, 0) is 11.3 Å². The van der Waals surface area contributed by atoms with E-state index < -0.39 is 0 Å². The monoisotopic (exact) mass is 436 g/mol. The lowest BCUT2D eigenvalue weighted by molar-refractivity contribution is 0.199. The quantitative estimate of drug-likeness (QED) is 0.556. The van der Waals surface area contributed by atoms with Crippen LogP contribution in [0.15, 0.2) is 33.5 Å². The lowest BCUT2D eigenvalue weighted by Crippen LogP contribution is -2.19. The van der Waals surface area contributed by atoms with Gasteiger partial charge in [-0.2, -0.15) is 0 Å². The van der Waals surface area contributed by atoms with Crippen LogP contribution < -0.4 is 5.32 Å². The third-order valence-corrected chi connectivity index (χ3v) is 3.95. The van der Waals surface area contributed by atoms with Crippen LogP contribution in [0.2, 0.25) is 0 Å². The van der Waals surface area contributed by atoms with Gasteiger partial charge < -0.3 is 14.5 Å². The number of benzene rings is 1. The summed E-state index contributed by atoms with van der Waals surface area (Å²) in [5.74, 6) is 0.801. The molecule has 4 nitrogen and oxygen atoms in total. The zero-order valence-corrected chi connectivity index (χ0v) is 14.2. The molecule has 1 aromatic heterocycles. The topological polar surface area (TPSA) is 47.3 Å². The third kappa shape index (κ3) is 4.01. The van der Waals surface area contributed by atoms with Crippen molar-refractivity contribution in [2.24, 2.45) is 0 Å². The number of oxazole rings is 1. The van der Waals surface area contributed by atoms with Gasteiger partial charge in [-0.05, 0) is 40.8 Å². The van der Waals surface area contributed by atoms with E-state index in [-0.39, 0.29) is 0 Å². The van der Waals surface area contributed by atoms with Crippen molar-refractivity contribution >= 4 is 38.5 Å². The average Bonchev–Trinajstić information content (AvgIpc) is 2.86. The summed E-state index contributed by atoms with van der Waals surface area (Å²) < 4.78 is 12.7. The first kappa shape index (κ1) is 15.0. The molecule has 0 radical (unpaired) electrons. The molecule has 102 valence electrons. The Bertz CT molecular complexity index is 545. The van der Waals surface area contributed by atoms with Crippen LogP contribution in [0.4, 0.5) is 0 Å². The zero-order valence-electron chi connectivity index (χ0n) is 10.5. The zero-order chi connectivity index (χ0) is 13.7. The second kappa shape index (κ2) is 7.37. The number of hydrogen-bond donors (Lipinski definition) is 1. The van der Waals surface area contributed by atoms with Crippen LogP contribution in [-0.4, -0.2) is 25.2 Å². The maximum absolute atomic E-state index is 5.53. The van der Waals surface area contributed by atoms with Crippen molar-refractivity contribution in [3.05, 3.63) is 38.3 Å². The molecule has 0 aliphatic rings. The molecule has 0 spiro atoms. The normalized spacial score (nSPS) is 10.9. The number of methoxy groups -OCH3 is 1. The molecule has 6 heteroatoms. The summed E-state index contributed by atoms with van der Waals surface area (Å²) in [6.07, 6.45) is 1.48. The minimum Gasteiger partial charge on any atom is -0.443 e. The number of nitrogens with one attached hydrogen (secondary N) is 1. The molecule has 1 N–H and O–H groups in total. The van der Waals surface area contributed by atoms with Crippen LogP contribution >= 0.6 is 38.5 Å². The van der Waals surface area contributed by atoms with E-state index in [0.717, 1.165) is 31.6 Å². The van der Waals surface area contributed by atoms with Gasteiger partial charge in [0.2, 0.25) is 0 Å². The highest BCUT2D eigenvalue weighted by Gasteiger charge is 2.13. The minimum atomic E-state index is 0.660. The van der Waals surface area contributed by atoms with E-state index in [1.54, 1.807) is 7.11 Å². The predicted molar refractivity (Wildman–Crippen MR) is 85.9 cm³/mol. The molecule has 0 saturated carbocycles. The van der Waals surface area contributed by atoms with E-state index in [1.165, 1.54) is 6.39 Å². The Morgan fingerprint density at radius 2 is 2.32 bits per heavy atom. The number of aromatic nitrogens is 1. The van der Waals surface area contributed by atoms with Gasteiger partial charge in [0.25, 0.3) is 0 Å². The molecule has 1 aromatic carbocycles. The summed E-state index contributed by atoms with van der Waals surface area (Å²) in [6, 6.07) is 6.13. The summed E-state index contributed by atoms with van der Waals surface area (Å²) in [5, 5.41) is 3.27. The highest BCUT2D eigenvalue weighted by atomic mass is 127. The van der Waals surface area contributed by atoms with Crippen LogP contribution in [0, 0.1) is 3.57 Å². The van der Waals surface area contributed by atoms with Gasteiger partial charge >= 0.3 is 0 Å². The molecule has 0 aliphatic carbocycles. The molecule has 0 bridgehead atoms. The fourth-order valence-corrected chi connectivity index (χ4v) is 2.58. The first-order valence-electron chi connectivity index (χ1n) is 5.80. The second-order valence-electron chi connectivity index (χ2n) is 3.92. The molecule has 2 rings (SSSR count). The number of hydrogen-bond acceptors (Lipinski definition) is 4. The van der Waals surface area contributed by atoms with E-state index in [1.807, 2.05) is 12.1 Å². The fraction of sp³-hybridized carbons (Fsp3) is 0.308. The second-order valence-corrected chi connectivity index (χ2v) is 6.02. The van der Waals surface area contributed by atoms with Crippen molar-refractivity contribution in [1.82, 2.24) is 10.3 Å². The summed E-state index contributed by atoms with van der Waals surface area (Å²) in [4.78, 5) is 4.27. The molecule has 0 amide bonds. The Morgan fingerprint density at radius 1 is 1.47 bits per heavy atom. The van der Waals surface area contributed by atoms with Crippen molar-refractivity contribution in [3.63, 3.8) is 0 Å². The van der Waals surface area contributed by atoms with E-state index >= 15 is 0 Å². The molecular formula is C13H14BrIN2O2. The van der Waals surface area contributed by atoms with E-state index in [0.29, 0.717) is 13.2 Å². The molecule has 19 heavy (non-hydrogen) atoms. The van der Waals surface area contributed by atoms with Crippen molar-refractivity contribution in [3.8, 4) is 11.3 Å². The largest absolute Gasteiger partial charge is 0.443 e. The number of nitrogens with zero attached hydrogens (tertiary/aromatic N) is 1. The lowest BCUT2D eigenvalue weighted by atomic mass is 10.1. The first-order valence-corrected chi connectivity index (χ1v) is 7.67. The first-order chi connectivity index (χ1) is 9.22. The Balaban J connectivity index is 2.16. The highest BCUT2D eigenvalue weighted by Crippen LogP contribution is 2.31. The van der Waals surface area contributed by atoms with Gasteiger partial charge in [-0.25, -0.2) is 4.98 Å². The standard InChI is InChI=1S/C13H14BrIN2O2/c1-18-5-4-16-7-12-13(19-8-17-12)10-6-9(15)2-3-11(10)14/h2-3,6,8,16H,4-5,7H2,1H3. The van der Waals surface area contributed by atoms with E-state index in [9.17, 15) is 0 Å². The highest BCUT2D eigenvalue weighted by molar-refractivity contribution is 14.1. The number of ether oxygens (including phenoxy) is 1. The minimum absolute atomic E-state index is 0.660. The van der Waals surface area contributed by atoms with E-state index in [4.69, 9.17) is 9.15 Å². The molecule has 0 fully saturated rings. The van der Waals surface area contributed by atoms with Crippen molar-refractivity contribution < 1.29 is 9.15 Å². The Kier molecular flexibility index (Phi) is 5.80. The van der Waals surface area contributed by atoms with Crippen LogP contribution in [0.3, 0.4) is 0 Å². The Morgan fingerprint density at radius 3 is 3.11 bits per heavy atom. The van der Waals surface area contributed by atoms with Crippen molar-refractivity contribution in [2.45, 2.75) is 6.54 Å². The maximum Gasteiger partial charge on any atom is 0.181 e. The smallest absolute Gasteiger partial charge is 0.181 e. The van der Waals surface area contributed by atoms with Crippen LogP contribution in [0.25, 0.3) is 11.3 Å². The van der Waals surface area contributed by atoms with Gasteiger partial charge in [0.1, 0.15) is 5.69 Å². The van der Waals surface area contributed by atoms with Gasteiger partial charge in [0, 0.05) is 33.8 Å². The summed E-state index contributed by atoms with van der Waals surface area (Å²) in [6.45, 7) is 2.13. The molecule has 0 aliphatic heterocycles. The molecule has 1 heterocycles. The average molecular weight is 437 g/mol. The molecular weight excluding hydrogens is 423 g/mol. The summed E-state index contributed by atoms with van der Waals surface area (Å²) >= 11 is 5.83. The summed E-state index contributed by atoms with van der Waals surface area (Å²) in [5.41, 5.74) is 1.92. The molecule has 2 aromatic rings. The number of halogens is 2. The summed E-state index contributed by atoms with van der Waals surface area (Å²) in [7, 11) is 1.69. The lowest BCUT2D eigenvalue weighted by Gasteiger charge is -2.06. The van der Waals surface area contributed by atoms with Gasteiger partial charge in [-0.15, -0.1) is 0 Å². The van der Waals surface area contributed by atoms with Crippen molar-refractivity contribution in [1.29, 1.82) is 0 Å². The van der Waals surface area contributed by atoms with Crippen LogP contribution in [0.5, 0.6) is 0 Å². The van der Waals surface area contributed by atoms with Crippen LogP contribution in [0.1, 0.15) is 5.69 Å². The van der Waals surface area contributed by atoms with Crippen molar-refractivity contribution in [2.75, 3.05) is 20.3 Å². The Labute approximate surface area is 134 Å². The molecule has 0 saturated heterocycles. The van der Waals surface area contributed by atoms with Gasteiger partial charge in [-0.3, -0.25) is 0 Å². The predicted octanol–water partition coefficient (Wildman–Crippen LogP) is 3.44. The SMILES string of the molecule is COCCNCc1ncoc1-c1cc(I)ccc1Br.